The van der Waals surface area contributed by atoms with Gasteiger partial charge in [0.05, 0.1) is 5.69 Å². The van der Waals surface area contributed by atoms with E-state index < -0.39 is 0 Å². The van der Waals surface area contributed by atoms with Crippen molar-refractivity contribution in [3.8, 4) is 11.4 Å². The molecule has 0 bridgehead atoms. The van der Waals surface area contributed by atoms with Gasteiger partial charge in [0.25, 0.3) is 0 Å². The van der Waals surface area contributed by atoms with Gasteiger partial charge in [-0.2, -0.15) is 0 Å². The molecule has 27 heavy (non-hydrogen) atoms. The van der Waals surface area contributed by atoms with Gasteiger partial charge < -0.3 is 10.2 Å². The number of pyridine rings is 1. The van der Waals surface area contributed by atoms with E-state index >= 15 is 0 Å². The first-order valence-corrected chi connectivity index (χ1v) is 9.60. The van der Waals surface area contributed by atoms with E-state index in [0.29, 0.717) is 12.2 Å². The van der Waals surface area contributed by atoms with Gasteiger partial charge in [-0.25, -0.2) is 9.97 Å². The molecule has 1 atom stereocenters. The number of amides is 1. The minimum absolute atomic E-state index is 0.00568. The van der Waals surface area contributed by atoms with E-state index in [0.717, 1.165) is 43.0 Å². The largest absolute Gasteiger partial charge is 0.373 e. The van der Waals surface area contributed by atoms with E-state index in [4.69, 9.17) is 4.98 Å². The van der Waals surface area contributed by atoms with E-state index in [1.54, 1.807) is 12.4 Å². The summed E-state index contributed by atoms with van der Waals surface area (Å²) in [7, 11) is 1.86. The van der Waals surface area contributed by atoms with Crippen molar-refractivity contribution in [2.24, 2.45) is 5.41 Å². The number of piperidine rings is 1. The van der Waals surface area contributed by atoms with Gasteiger partial charge in [0.2, 0.25) is 5.91 Å². The molecule has 6 nitrogen and oxygen atoms in total. The van der Waals surface area contributed by atoms with E-state index in [1.165, 1.54) is 0 Å². The second-order valence-electron chi connectivity index (χ2n) is 8.41. The number of nitrogens with zero attached hydrogens (tertiary/aromatic N) is 4. The van der Waals surface area contributed by atoms with Crippen LogP contribution < -0.4 is 5.32 Å². The van der Waals surface area contributed by atoms with Gasteiger partial charge in [0, 0.05) is 56.5 Å². The third-order valence-electron chi connectivity index (χ3n) is 4.80. The standard InChI is InChI=1S/C21H29N5O/c1-21(2,3)12-19(27)26-10-6-8-16(14-26)17-11-18(22-4)25-20(24-17)15-7-5-9-23-13-15/h5,7,9,11,13,16H,6,8,10,12,14H2,1-4H3,(H,22,24,25)/t16-/m1/s1. The summed E-state index contributed by atoms with van der Waals surface area (Å²) in [6, 6.07) is 5.85. The van der Waals surface area contributed by atoms with Gasteiger partial charge in [0.1, 0.15) is 5.82 Å². The Morgan fingerprint density at radius 1 is 1.33 bits per heavy atom. The lowest BCUT2D eigenvalue weighted by atomic mass is 9.89. The van der Waals surface area contributed by atoms with Crippen LogP contribution in [-0.4, -0.2) is 45.9 Å². The summed E-state index contributed by atoms with van der Waals surface area (Å²) in [5.41, 5.74) is 1.89. The Kier molecular flexibility index (Phi) is 5.73. The number of carbonyl (C=O) groups excluding carboxylic acids is 1. The van der Waals surface area contributed by atoms with Crippen molar-refractivity contribution >= 4 is 11.7 Å². The molecule has 0 aromatic carbocycles. The molecule has 1 aliphatic heterocycles. The number of hydrogen-bond acceptors (Lipinski definition) is 5. The molecule has 144 valence electrons. The first-order chi connectivity index (χ1) is 12.9. The summed E-state index contributed by atoms with van der Waals surface area (Å²) in [6.45, 7) is 7.88. The van der Waals surface area contributed by atoms with Crippen molar-refractivity contribution in [3.63, 3.8) is 0 Å². The molecule has 0 saturated carbocycles. The fraction of sp³-hybridized carbons (Fsp3) is 0.524. The first-order valence-electron chi connectivity index (χ1n) is 9.60. The van der Waals surface area contributed by atoms with E-state index in [2.05, 4.69) is 36.1 Å². The Balaban J connectivity index is 1.84. The number of rotatable bonds is 4. The summed E-state index contributed by atoms with van der Waals surface area (Å²) in [4.78, 5) is 28.2. The van der Waals surface area contributed by atoms with Gasteiger partial charge in [0.15, 0.2) is 5.82 Å². The molecular formula is C21H29N5O. The highest BCUT2D eigenvalue weighted by Crippen LogP contribution is 2.30. The minimum Gasteiger partial charge on any atom is -0.373 e. The fourth-order valence-corrected chi connectivity index (χ4v) is 3.44. The number of hydrogen-bond donors (Lipinski definition) is 1. The molecule has 3 rings (SSSR count). The Morgan fingerprint density at radius 2 is 2.15 bits per heavy atom. The molecule has 1 saturated heterocycles. The topological polar surface area (TPSA) is 71.0 Å². The smallest absolute Gasteiger partial charge is 0.223 e. The van der Waals surface area contributed by atoms with Crippen LogP contribution in [0.1, 0.15) is 51.6 Å². The van der Waals surface area contributed by atoms with Crippen LogP contribution in [0.4, 0.5) is 5.82 Å². The van der Waals surface area contributed by atoms with Crippen LogP contribution in [-0.2, 0) is 4.79 Å². The van der Waals surface area contributed by atoms with Crippen molar-refractivity contribution < 1.29 is 4.79 Å². The maximum absolute atomic E-state index is 12.7. The molecule has 2 aromatic heterocycles. The van der Waals surface area contributed by atoms with Gasteiger partial charge in [-0.15, -0.1) is 0 Å². The second kappa shape index (κ2) is 8.03. The summed E-state index contributed by atoms with van der Waals surface area (Å²) >= 11 is 0. The predicted octanol–water partition coefficient (Wildman–Crippen LogP) is 3.72. The third kappa shape index (κ3) is 5.02. The van der Waals surface area contributed by atoms with E-state index in [9.17, 15) is 4.79 Å². The SMILES string of the molecule is CNc1cc([C@@H]2CCCN(C(=O)CC(C)(C)C)C2)nc(-c2cccnc2)n1. The highest BCUT2D eigenvalue weighted by atomic mass is 16.2. The zero-order chi connectivity index (χ0) is 19.4. The maximum Gasteiger partial charge on any atom is 0.223 e. The molecule has 0 spiro atoms. The van der Waals surface area contributed by atoms with Crippen LogP contribution in [0.25, 0.3) is 11.4 Å². The highest BCUT2D eigenvalue weighted by molar-refractivity contribution is 5.77. The zero-order valence-corrected chi connectivity index (χ0v) is 16.7. The van der Waals surface area contributed by atoms with E-state index in [-0.39, 0.29) is 17.2 Å². The predicted molar refractivity (Wildman–Crippen MR) is 107 cm³/mol. The molecular weight excluding hydrogens is 338 g/mol. The van der Waals surface area contributed by atoms with Crippen LogP contribution >= 0.6 is 0 Å². The van der Waals surface area contributed by atoms with Crippen LogP contribution in [0, 0.1) is 5.41 Å². The molecule has 0 aliphatic carbocycles. The highest BCUT2D eigenvalue weighted by Gasteiger charge is 2.28. The summed E-state index contributed by atoms with van der Waals surface area (Å²) in [5, 5.41) is 3.13. The molecule has 0 unspecified atom stereocenters. The molecule has 2 aromatic rings. The number of likely N-dealkylation sites (tertiary alicyclic amines) is 1. The monoisotopic (exact) mass is 367 g/mol. The Labute approximate surface area is 161 Å². The number of nitrogens with one attached hydrogen (secondary N) is 1. The average Bonchev–Trinajstić information content (AvgIpc) is 2.67. The Hall–Kier alpha value is -2.50. The maximum atomic E-state index is 12.7. The van der Waals surface area contributed by atoms with Crippen molar-refractivity contribution in [2.75, 3.05) is 25.5 Å². The molecule has 1 aliphatic rings. The van der Waals surface area contributed by atoms with Crippen LogP contribution in [0.15, 0.2) is 30.6 Å². The van der Waals surface area contributed by atoms with Crippen LogP contribution in [0.2, 0.25) is 0 Å². The lowest BCUT2D eigenvalue weighted by Crippen LogP contribution is -2.40. The zero-order valence-electron chi connectivity index (χ0n) is 16.7. The lowest BCUT2D eigenvalue weighted by molar-refractivity contribution is -0.134. The van der Waals surface area contributed by atoms with Gasteiger partial charge in [-0.05, 0) is 30.4 Å². The Morgan fingerprint density at radius 3 is 2.81 bits per heavy atom. The van der Waals surface area contributed by atoms with Gasteiger partial charge >= 0.3 is 0 Å². The molecule has 1 N–H and O–H groups in total. The number of anilines is 1. The average molecular weight is 367 g/mol. The van der Waals surface area contributed by atoms with Gasteiger partial charge in [-0.3, -0.25) is 9.78 Å². The normalized spacial score (nSPS) is 17.6. The number of aromatic nitrogens is 3. The van der Waals surface area contributed by atoms with Crippen molar-refractivity contribution in [2.45, 2.75) is 46.0 Å². The molecule has 3 heterocycles. The third-order valence-corrected chi connectivity index (χ3v) is 4.80. The second-order valence-corrected chi connectivity index (χ2v) is 8.41. The molecule has 6 heteroatoms. The summed E-state index contributed by atoms with van der Waals surface area (Å²) in [6.07, 6.45) is 6.13. The van der Waals surface area contributed by atoms with Crippen molar-refractivity contribution in [1.29, 1.82) is 0 Å². The molecule has 0 radical (unpaired) electrons. The number of carbonyl (C=O) groups is 1. The minimum atomic E-state index is 0.00568. The quantitative estimate of drug-likeness (QED) is 0.892. The molecule has 1 amide bonds. The lowest BCUT2D eigenvalue weighted by Gasteiger charge is -2.34. The van der Waals surface area contributed by atoms with Crippen LogP contribution in [0.3, 0.4) is 0 Å². The summed E-state index contributed by atoms with van der Waals surface area (Å²) < 4.78 is 0. The Bertz CT molecular complexity index is 785. The van der Waals surface area contributed by atoms with Crippen molar-refractivity contribution in [1.82, 2.24) is 19.9 Å². The molecule has 1 fully saturated rings. The summed E-state index contributed by atoms with van der Waals surface area (Å²) in [5.74, 6) is 1.93. The first kappa shape index (κ1) is 19.3. The fourth-order valence-electron chi connectivity index (χ4n) is 3.44. The van der Waals surface area contributed by atoms with E-state index in [1.807, 2.05) is 30.1 Å². The van der Waals surface area contributed by atoms with Crippen LogP contribution in [0.5, 0.6) is 0 Å². The van der Waals surface area contributed by atoms with Gasteiger partial charge in [-0.1, -0.05) is 20.8 Å². The van der Waals surface area contributed by atoms with Crippen molar-refractivity contribution in [3.05, 3.63) is 36.3 Å².